The number of anilines is 3. The third-order valence-electron chi connectivity index (χ3n) is 18.2. The van der Waals surface area contributed by atoms with Crippen molar-refractivity contribution in [3.63, 3.8) is 0 Å². The van der Waals surface area contributed by atoms with Crippen LogP contribution in [0.2, 0.25) is 0 Å². The number of hydrogen-bond acceptors (Lipinski definition) is 4. The van der Waals surface area contributed by atoms with Crippen LogP contribution in [0, 0.1) is 11.6 Å². The Morgan fingerprint density at radius 3 is 1.21 bits per heavy atom. The van der Waals surface area contributed by atoms with Crippen LogP contribution < -0.4 is 14.4 Å². The van der Waals surface area contributed by atoms with E-state index in [1.54, 1.807) is 24.3 Å². The molecule has 90 heavy (non-hydrogen) atoms. The zero-order valence-corrected chi connectivity index (χ0v) is 48.8. The van der Waals surface area contributed by atoms with Crippen LogP contribution in [-0.2, 0) is 10.8 Å². The molecule has 2 atom stereocenters. The molecule has 6 heteroatoms. The highest BCUT2D eigenvalue weighted by Gasteiger charge is 2.48. The van der Waals surface area contributed by atoms with E-state index in [-0.39, 0.29) is 11.6 Å². The van der Waals surface area contributed by atoms with Gasteiger partial charge in [0.05, 0.1) is 10.8 Å². The third-order valence-corrected chi connectivity index (χ3v) is 18.2. The van der Waals surface area contributed by atoms with Crippen LogP contribution in [0.4, 0.5) is 25.8 Å². The van der Waals surface area contributed by atoms with Gasteiger partial charge in [0, 0.05) is 27.8 Å². The summed E-state index contributed by atoms with van der Waals surface area (Å²) in [4.78, 5) is 2.35. The van der Waals surface area contributed by atoms with Crippen molar-refractivity contribution in [3.8, 4) is 56.4 Å². The first-order chi connectivity index (χ1) is 44.3. The lowest BCUT2D eigenvalue weighted by Crippen LogP contribution is -2.29. The number of fused-ring (bicyclic) bond motifs is 9. The van der Waals surface area contributed by atoms with Gasteiger partial charge in [0.2, 0.25) is 0 Å². The topological polar surface area (TPSA) is 34.8 Å². The SMILES string of the molecule is C=Cc1ccc(Oc2ccc(C3(c4ccc(F)cc4)c4ccccc4-c4ccc(N(c5cccc(-c6ccc7c(c6)oc6ccccc67)c5)c5ccc6c(c5)C(c5ccc(F)cc5)(c5ccc(Oc7ccc(C=C)cc7)cc5)c5ccccc5-6)cc43)cc2)cc1. The molecular formula is C84H55F2NO3. The van der Waals surface area contributed by atoms with Crippen LogP contribution >= 0.6 is 0 Å². The van der Waals surface area contributed by atoms with Crippen molar-refractivity contribution in [1.82, 2.24) is 0 Å². The molecule has 428 valence electrons. The van der Waals surface area contributed by atoms with E-state index in [1.807, 2.05) is 127 Å². The molecule has 0 saturated heterocycles. The van der Waals surface area contributed by atoms with E-state index in [4.69, 9.17) is 13.9 Å². The molecule has 0 fully saturated rings. The van der Waals surface area contributed by atoms with Crippen molar-refractivity contribution in [2.24, 2.45) is 0 Å². The smallest absolute Gasteiger partial charge is 0.136 e. The van der Waals surface area contributed by atoms with E-state index in [2.05, 4.69) is 176 Å². The summed E-state index contributed by atoms with van der Waals surface area (Å²) in [5, 5.41) is 2.13. The zero-order chi connectivity index (χ0) is 60.5. The molecule has 0 saturated carbocycles. The maximum absolute atomic E-state index is 15.4. The molecule has 2 aliphatic carbocycles. The fourth-order valence-corrected chi connectivity index (χ4v) is 14.1. The molecular weight excluding hydrogens is 1110 g/mol. The number of furan rings is 1. The maximum atomic E-state index is 15.4. The molecule has 4 nitrogen and oxygen atoms in total. The summed E-state index contributed by atoms with van der Waals surface area (Å²) in [7, 11) is 0. The minimum atomic E-state index is -0.919. The molecule has 0 amide bonds. The van der Waals surface area contributed by atoms with E-state index >= 15 is 8.78 Å². The fraction of sp³-hybridized carbons (Fsp3) is 0.0238. The number of hydrogen-bond donors (Lipinski definition) is 0. The van der Waals surface area contributed by atoms with Gasteiger partial charge in [0.1, 0.15) is 45.8 Å². The van der Waals surface area contributed by atoms with Gasteiger partial charge in [-0.05, 0) is 216 Å². The first-order valence-corrected chi connectivity index (χ1v) is 30.1. The van der Waals surface area contributed by atoms with Gasteiger partial charge >= 0.3 is 0 Å². The Morgan fingerprint density at radius 2 is 0.722 bits per heavy atom. The number of ether oxygens (including phenoxy) is 2. The highest BCUT2D eigenvalue weighted by molar-refractivity contribution is 6.06. The minimum Gasteiger partial charge on any atom is -0.457 e. The first-order valence-electron chi connectivity index (χ1n) is 30.1. The standard InChI is InChI=1S/C84H55F2NO3/c1-3-54-20-39-67(40-21-54)88-69-43-29-60(30-44-69)83(58-25-33-62(85)34-26-58)77-17-8-5-14-71(77)73-48-37-65(52-79(73)83)87(64-13-11-12-56(50-64)57-24-47-76-75-16-7-10-19-81(75)90-82(76)51-57)66-38-49-74-72-15-6-9-18-78(72)84(80(74)53-66,59-27-35-63(86)36-28-59)61-31-45-70(46-32-61)89-68-41-22-55(4-2)23-42-68/h3-53H,1-2H2. The van der Waals surface area contributed by atoms with Crippen molar-refractivity contribution in [1.29, 1.82) is 0 Å². The largest absolute Gasteiger partial charge is 0.457 e. The van der Waals surface area contributed by atoms with Crippen LogP contribution in [-0.4, -0.2) is 0 Å². The monoisotopic (exact) mass is 1160 g/mol. The molecule has 1 heterocycles. The molecule has 1 aromatic heterocycles. The van der Waals surface area contributed by atoms with Crippen molar-refractivity contribution >= 4 is 51.2 Å². The highest BCUT2D eigenvalue weighted by atomic mass is 19.1. The summed E-state index contributed by atoms with van der Waals surface area (Å²) in [5.74, 6) is 2.14. The molecule has 2 aliphatic rings. The lowest BCUT2D eigenvalue weighted by Gasteiger charge is -2.36. The van der Waals surface area contributed by atoms with E-state index in [1.165, 1.54) is 0 Å². The van der Waals surface area contributed by atoms with E-state index < -0.39 is 10.8 Å². The molecule has 0 bridgehead atoms. The van der Waals surface area contributed by atoms with Gasteiger partial charge in [-0.25, -0.2) is 8.78 Å². The summed E-state index contributed by atoms with van der Waals surface area (Å²) in [6, 6.07) is 100. The van der Waals surface area contributed by atoms with Gasteiger partial charge in [0.25, 0.3) is 0 Å². The van der Waals surface area contributed by atoms with Crippen molar-refractivity contribution in [3.05, 3.63) is 378 Å². The van der Waals surface area contributed by atoms with E-state index in [0.717, 1.165) is 128 Å². The number of benzene rings is 13. The third kappa shape index (κ3) is 8.78. The zero-order valence-electron chi connectivity index (χ0n) is 48.8. The number of para-hydroxylation sites is 1. The Morgan fingerprint density at radius 1 is 0.322 bits per heavy atom. The molecule has 13 aromatic carbocycles. The molecule has 16 rings (SSSR count). The van der Waals surface area contributed by atoms with E-state index in [0.29, 0.717) is 23.0 Å². The Labute approximate surface area is 520 Å². The van der Waals surface area contributed by atoms with Gasteiger partial charge in [0.15, 0.2) is 0 Å². The Hall–Kier alpha value is -11.6. The predicted molar refractivity (Wildman–Crippen MR) is 362 cm³/mol. The quantitative estimate of drug-likeness (QED) is 0.109. The lowest BCUT2D eigenvalue weighted by atomic mass is 9.67. The number of nitrogens with zero attached hydrogens (tertiary/aromatic N) is 1. The van der Waals surface area contributed by atoms with Gasteiger partial charge in [-0.15, -0.1) is 0 Å². The number of halogens is 2. The molecule has 14 aromatic rings. The summed E-state index contributed by atoms with van der Waals surface area (Å²) >= 11 is 0. The van der Waals surface area contributed by atoms with Crippen LogP contribution in [0.15, 0.2) is 315 Å². The second kappa shape index (κ2) is 21.7. The second-order valence-corrected chi connectivity index (χ2v) is 23.1. The van der Waals surface area contributed by atoms with Crippen LogP contribution in [0.3, 0.4) is 0 Å². The predicted octanol–water partition coefficient (Wildman–Crippen LogP) is 22.6. The van der Waals surface area contributed by atoms with Gasteiger partial charge in [-0.1, -0.05) is 195 Å². The van der Waals surface area contributed by atoms with Gasteiger partial charge in [-0.3, -0.25) is 0 Å². The Kier molecular flexibility index (Phi) is 13.0. The average molecular weight is 1160 g/mol. The van der Waals surface area contributed by atoms with Crippen molar-refractivity contribution in [2.75, 3.05) is 4.90 Å². The molecule has 0 spiro atoms. The van der Waals surface area contributed by atoms with Gasteiger partial charge < -0.3 is 18.8 Å². The maximum Gasteiger partial charge on any atom is 0.136 e. The summed E-state index contributed by atoms with van der Waals surface area (Å²) in [6.45, 7) is 7.83. The molecule has 0 radical (unpaired) electrons. The lowest BCUT2D eigenvalue weighted by molar-refractivity contribution is 0.482. The van der Waals surface area contributed by atoms with Crippen LogP contribution in [0.25, 0.3) is 67.5 Å². The van der Waals surface area contributed by atoms with Crippen molar-refractivity contribution in [2.45, 2.75) is 10.8 Å². The van der Waals surface area contributed by atoms with E-state index in [9.17, 15) is 0 Å². The Balaban J connectivity index is 0.909. The minimum absolute atomic E-state index is 0.319. The summed E-state index contributed by atoms with van der Waals surface area (Å²) < 4.78 is 50.1. The Bertz CT molecular complexity index is 4860. The summed E-state index contributed by atoms with van der Waals surface area (Å²) in [6.07, 6.45) is 3.62. The fourth-order valence-electron chi connectivity index (χ4n) is 14.1. The molecule has 0 N–H and O–H groups in total. The second-order valence-electron chi connectivity index (χ2n) is 23.1. The van der Waals surface area contributed by atoms with Crippen LogP contribution in [0.1, 0.15) is 55.6 Å². The molecule has 2 unspecified atom stereocenters. The van der Waals surface area contributed by atoms with Crippen molar-refractivity contribution < 1.29 is 22.7 Å². The first kappa shape index (κ1) is 53.8. The number of rotatable bonds is 14. The normalized spacial score (nSPS) is 15.2. The van der Waals surface area contributed by atoms with Gasteiger partial charge in [-0.2, -0.15) is 0 Å². The molecule has 0 aliphatic heterocycles. The summed E-state index contributed by atoms with van der Waals surface area (Å²) in [5.41, 5.74) is 18.9. The average Bonchev–Trinajstić information content (AvgIpc) is 1.55. The van der Waals surface area contributed by atoms with Crippen LogP contribution in [0.5, 0.6) is 23.0 Å². The highest BCUT2D eigenvalue weighted by Crippen LogP contribution is 2.60.